The van der Waals surface area contributed by atoms with E-state index in [2.05, 4.69) is 36.1 Å². The molecule has 2 bridgehead atoms. The van der Waals surface area contributed by atoms with Crippen LogP contribution < -0.4 is 24.6 Å². The summed E-state index contributed by atoms with van der Waals surface area (Å²) in [5.41, 5.74) is 3.30. The number of carbonyl (C=O) groups excluding carboxylic acids is 2. The monoisotopic (exact) mass is 1050 g/mol. The van der Waals surface area contributed by atoms with Gasteiger partial charge >= 0.3 is 5.97 Å². The van der Waals surface area contributed by atoms with E-state index in [9.17, 15) is 19.5 Å². The van der Waals surface area contributed by atoms with Crippen molar-refractivity contribution in [3.63, 3.8) is 0 Å². The predicted molar refractivity (Wildman–Crippen MR) is 306 cm³/mol. The van der Waals surface area contributed by atoms with Gasteiger partial charge in [-0.3, -0.25) is 19.3 Å². The van der Waals surface area contributed by atoms with Crippen LogP contribution in [0.15, 0.2) is 54.7 Å². The van der Waals surface area contributed by atoms with Crippen LogP contribution in [0.25, 0.3) is 0 Å². The van der Waals surface area contributed by atoms with E-state index in [1.165, 1.54) is 138 Å². The number of carboxylic acids is 1. The van der Waals surface area contributed by atoms with E-state index in [0.717, 1.165) is 93.7 Å². The van der Waals surface area contributed by atoms with Crippen LogP contribution in [-0.2, 0) is 9.59 Å². The number of nitrogens with one attached hydrogen (secondary N) is 1. The summed E-state index contributed by atoms with van der Waals surface area (Å²) in [6.07, 6.45) is 27.7. The van der Waals surface area contributed by atoms with Crippen LogP contribution in [0.2, 0.25) is 0 Å². The molecule has 1 saturated carbocycles. The number of aliphatic carboxylic acids is 1. The zero-order chi connectivity index (χ0) is 53.8. The Morgan fingerprint density at radius 2 is 1.43 bits per heavy atom. The standard InChI is InChI=1S/C63H97N7O6/c1-50-23-21-24-58(66-50)68(62(74)55-29-28-54(75-5)46-57(55)67-36-31-51(32-37-67)48-76-60-45-53(30-35-65-60)56(47-61(72)73)52-26-27-52)49-63(2,3)33-20-18-16-14-12-10-8-6-7-9-11-13-15-17-19-25-59(71)64-34-22-38-70-42-39-69(4,40-43-70)41-44-70/h21,23-24,28-30,35,45-46,51-52,56H,6-20,22,25-27,31-34,36-44,47-49H2,1-5H3/p+2/t56-,69?,70?/m0/s1. The molecule has 8 rings (SSSR count). The number of hydrogen-bond acceptors (Lipinski definition) is 8. The maximum atomic E-state index is 15.0. The van der Waals surface area contributed by atoms with Gasteiger partial charge in [-0.15, -0.1) is 0 Å². The zero-order valence-electron chi connectivity index (χ0n) is 47.8. The lowest BCUT2D eigenvalue weighted by molar-refractivity contribution is -1.07. The number of anilines is 2. The number of nitrogens with zero attached hydrogens (tertiary/aromatic N) is 6. The van der Waals surface area contributed by atoms with Gasteiger partial charge in [0, 0.05) is 63.0 Å². The molecular weight excluding hydrogens is 951 g/mol. The molecule has 4 aliphatic heterocycles. The predicted octanol–water partition coefficient (Wildman–Crippen LogP) is 12.2. The first-order valence-electron chi connectivity index (χ1n) is 30.2. The number of benzene rings is 1. The number of unbranched alkanes of at least 4 members (excludes halogenated alkanes) is 14. The Morgan fingerprint density at radius 3 is 2.04 bits per heavy atom. The third kappa shape index (κ3) is 18.7. The van der Waals surface area contributed by atoms with Gasteiger partial charge in [0.2, 0.25) is 11.8 Å². The van der Waals surface area contributed by atoms with Crippen molar-refractivity contribution in [3.8, 4) is 11.6 Å². The SMILES string of the molecule is COc1ccc(C(=O)N(CC(C)(C)CCCCCCCCCCCCCCCCCC(=O)NCCC[N+]23CC[N+](C)(CC2)CC3)c2cccc(C)n2)c(N2CCC(COc3cc([C@@H](CC(=O)O)C4CC4)ccn3)CC2)c1. The number of aryl methyl sites for hydroxylation is 1. The molecule has 13 heteroatoms. The molecule has 6 heterocycles. The molecule has 5 fully saturated rings. The van der Waals surface area contributed by atoms with E-state index in [1.54, 1.807) is 13.3 Å². The molecule has 13 nitrogen and oxygen atoms in total. The number of methoxy groups -OCH3 is 1. The molecule has 420 valence electrons. The maximum Gasteiger partial charge on any atom is 0.303 e. The lowest BCUT2D eigenvalue weighted by Gasteiger charge is -2.54. The van der Waals surface area contributed by atoms with Gasteiger partial charge in [0.1, 0.15) is 50.8 Å². The summed E-state index contributed by atoms with van der Waals surface area (Å²) in [4.78, 5) is 52.6. The molecule has 2 aromatic heterocycles. The molecule has 0 spiro atoms. The number of carboxylic acid groups (broad SMARTS) is 1. The van der Waals surface area contributed by atoms with Gasteiger partial charge in [-0.1, -0.05) is 110 Å². The smallest absolute Gasteiger partial charge is 0.303 e. The van der Waals surface area contributed by atoms with E-state index in [4.69, 9.17) is 14.5 Å². The normalized spacial score (nSPS) is 20.1. The van der Waals surface area contributed by atoms with Gasteiger partial charge in [-0.25, -0.2) is 9.97 Å². The molecule has 2 N–H and O–H groups in total. The third-order valence-electron chi connectivity index (χ3n) is 17.8. The summed E-state index contributed by atoms with van der Waals surface area (Å²) in [5.74, 6) is 2.14. The number of hydrogen-bond donors (Lipinski definition) is 2. The lowest BCUT2D eigenvalue weighted by atomic mass is 9.85. The minimum Gasteiger partial charge on any atom is -0.497 e. The Bertz CT molecular complexity index is 2250. The van der Waals surface area contributed by atoms with Crippen molar-refractivity contribution in [3.05, 3.63) is 71.5 Å². The Morgan fingerprint density at radius 1 is 0.803 bits per heavy atom. The number of piperazine rings is 3. The number of likely N-dealkylation sites (N-methyl/N-ethyl adjacent to an activating group) is 1. The minimum atomic E-state index is -0.769. The Hall–Kier alpha value is -4.75. The first-order valence-corrected chi connectivity index (χ1v) is 30.2. The van der Waals surface area contributed by atoms with Gasteiger partial charge in [-0.2, -0.15) is 0 Å². The first kappa shape index (κ1) is 58.9. The molecule has 0 radical (unpaired) electrons. The fourth-order valence-electron chi connectivity index (χ4n) is 12.5. The number of fused-ring (bicyclic) bond motifs is 3. The van der Waals surface area contributed by atoms with Gasteiger partial charge in [0.15, 0.2) is 0 Å². The summed E-state index contributed by atoms with van der Waals surface area (Å²) in [6, 6.07) is 15.6. The second kappa shape index (κ2) is 29.3. The van der Waals surface area contributed by atoms with Crippen LogP contribution >= 0.6 is 0 Å². The molecule has 1 atom stereocenters. The van der Waals surface area contributed by atoms with Gasteiger partial charge in [0.05, 0.1) is 45.0 Å². The fraction of sp³-hybridized carbons (Fsp3) is 0.698. The molecule has 76 heavy (non-hydrogen) atoms. The lowest BCUT2D eigenvalue weighted by Crippen LogP contribution is -2.73. The van der Waals surface area contributed by atoms with E-state index >= 15 is 0 Å². The number of rotatable bonds is 35. The van der Waals surface area contributed by atoms with Crippen LogP contribution in [0.3, 0.4) is 0 Å². The number of piperidine rings is 1. The van der Waals surface area contributed by atoms with Crippen molar-refractivity contribution in [2.45, 2.75) is 174 Å². The topological polar surface area (TPSA) is 134 Å². The van der Waals surface area contributed by atoms with Crippen molar-refractivity contribution in [1.29, 1.82) is 0 Å². The summed E-state index contributed by atoms with van der Waals surface area (Å²) in [5, 5.41) is 12.7. The number of quaternary nitrogens is 2. The largest absolute Gasteiger partial charge is 0.497 e. The quantitative estimate of drug-likeness (QED) is 0.0436. The van der Waals surface area contributed by atoms with Crippen molar-refractivity contribution in [1.82, 2.24) is 15.3 Å². The summed E-state index contributed by atoms with van der Waals surface area (Å²) >= 11 is 0. The number of pyridine rings is 2. The average Bonchev–Trinajstić information content (AvgIpc) is 4.28. The Labute approximate surface area is 458 Å². The molecule has 0 unspecified atom stereocenters. The molecule has 5 aliphatic rings. The highest BCUT2D eigenvalue weighted by atomic mass is 16.5. The second-order valence-corrected chi connectivity index (χ2v) is 24.8. The number of carbonyl (C=O) groups is 3. The summed E-state index contributed by atoms with van der Waals surface area (Å²) in [7, 11) is 4.09. The van der Waals surface area contributed by atoms with Crippen molar-refractivity contribution in [2.75, 3.05) is 103 Å². The van der Waals surface area contributed by atoms with Gasteiger partial charge in [0.25, 0.3) is 5.91 Å². The highest BCUT2D eigenvalue weighted by Crippen LogP contribution is 2.45. The van der Waals surface area contributed by atoms with Crippen molar-refractivity contribution < 1.29 is 37.9 Å². The number of ether oxygens (including phenoxy) is 2. The first-order chi connectivity index (χ1) is 36.7. The van der Waals surface area contributed by atoms with Crippen LogP contribution in [0.4, 0.5) is 11.5 Å². The van der Waals surface area contributed by atoms with E-state index in [-0.39, 0.29) is 29.6 Å². The molecule has 2 amide bonds. The van der Waals surface area contributed by atoms with E-state index < -0.39 is 5.97 Å². The van der Waals surface area contributed by atoms with Crippen molar-refractivity contribution >= 4 is 29.3 Å². The highest BCUT2D eigenvalue weighted by molar-refractivity contribution is 6.09. The van der Waals surface area contributed by atoms with Crippen LogP contribution in [0, 0.1) is 24.2 Å². The molecule has 1 aliphatic carbocycles. The third-order valence-corrected chi connectivity index (χ3v) is 17.8. The van der Waals surface area contributed by atoms with E-state index in [1.807, 2.05) is 60.4 Å². The molecule has 1 aromatic carbocycles. The number of aromatic nitrogens is 2. The average molecular weight is 1050 g/mol. The van der Waals surface area contributed by atoms with Gasteiger partial charge in [-0.05, 0) is 105 Å². The zero-order valence-corrected chi connectivity index (χ0v) is 47.8. The van der Waals surface area contributed by atoms with Crippen molar-refractivity contribution in [2.24, 2.45) is 17.3 Å². The van der Waals surface area contributed by atoms with Crippen LogP contribution in [0.5, 0.6) is 11.6 Å². The summed E-state index contributed by atoms with van der Waals surface area (Å²) in [6.45, 7) is 19.3. The maximum absolute atomic E-state index is 15.0. The minimum absolute atomic E-state index is 0.000774. The van der Waals surface area contributed by atoms with Gasteiger partial charge < -0.3 is 33.8 Å². The summed E-state index contributed by atoms with van der Waals surface area (Å²) < 4.78 is 14.5. The highest BCUT2D eigenvalue weighted by Gasteiger charge is 2.46. The molecule has 4 saturated heterocycles. The fourth-order valence-corrected chi connectivity index (χ4v) is 12.5. The van der Waals surface area contributed by atoms with Crippen LogP contribution in [0.1, 0.15) is 189 Å². The second-order valence-electron chi connectivity index (χ2n) is 24.8. The molecular formula is C63H99N7O6+2. The Kier molecular flexibility index (Phi) is 22.7. The molecule has 3 aromatic rings. The van der Waals surface area contributed by atoms with Crippen LogP contribution in [-0.4, -0.2) is 135 Å². The Balaban J connectivity index is 0.756. The van der Waals surface area contributed by atoms with E-state index in [0.29, 0.717) is 48.7 Å². The number of amides is 2.